The zero-order chi connectivity index (χ0) is 17.8. The molecule has 0 saturated carbocycles. The van der Waals surface area contributed by atoms with Gasteiger partial charge in [0, 0.05) is 17.9 Å². The highest BCUT2D eigenvalue weighted by Gasteiger charge is 2.10. The van der Waals surface area contributed by atoms with Crippen LogP contribution in [-0.2, 0) is 6.54 Å². The number of rotatable bonds is 5. The maximum Gasteiger partial charge on any atom is 0.279 e. The number of nitrogens with zero attached hydrogens (tertiary/aromatic N) is 2. The van der Waals surface area contributed by atoms with Crippen LogP contribution >= 0.6 is 23.1 Å². The smallest absolute Gasteiger partial charge is 0.279 e. The van der Waals surface area contributed by atoms with Crippen LogP contribution in [0.15, 0.2) is 47.5 Å². The summed E-state index contributed by atoms with van der Waals surface area (Å²) in [5, 5.41) is 0. The fraction of sp³-hybridized carbons (Fsp3) is 0.222. The summed E-state index contributed by atoms with van der Waals surface area (Å²) in [6, 6.07) is 11.5. The molecule has 25 heavy (non-hydrogen) atoms. The van der Waals surface area contributed by atoms with Crippen molar-refractivity contribution in [2.75, 3.05) is 19.1 Å². The zero-order valence-electron chi connectivity index (χ0n) is 13.9. The molecule has 7 heteroatoms. The number of ether oxygens (including phenoxy) is 1. The third-order valence-electron chi connectivity index (χ3n) is 3.70. The van der Waals surface area contributed by atoms with E-state index in [0.29, 0.717) is 22.7 Å². The summed E-state index contributed by atoms with van der Waals surface area (Å²) >= 11 is 3.03. The Kier molecular flexibility index (Phi) is 5.55. The second kappa shape index (κ2) is 7.84. The summed E-state index contributed by atoms with van der Waals surface area (Å²) in [4.78, 5) is 17.3. The molecule has 3 aromatic rings. The minimum absolute atomic E-state index is 0.293. The molecule has 0 aliphatic rings. The number of benzene rings is 2. The van der Waals surface area contributed by atoms with E-state index in [1.165, 1.54) is 23.5 Å². The number of amides is 1. The van der Waals surface area contributed by atoms with Gasteiger partial charge in [0.1, 0.15) is 11.6 Å². The number of fused-ring (bicyclic) bond motifs is 1. The summed E-state index contributed by atoms with van der Waals surface area (Å²) in [5.41, 5.74) is 1.38. The van der Waals surface area contributed by atoms with Gasteiger partial charge >= 0.3 is 0 Å². The fourth-order valence-electron chi connectivity index (χ4n) is 2.42. The molecule has 0 aliphatic heterocycles. The standard InChI is InChI=1S/C18H17FN2O2S2/c1-23-14-6-3-12(4-7-14)17(22)20-18-21(9-10-24-2)15-8-5-13(19)11-16(15)25-18/h3-8,11H,9-10H2,1-2H3. The first-order valence-electron chi connectivity index (χ1n) is 7.63. The van der Waals surface area contributed by atoms with E-state index in [-0.39, 0.29) is 11.7 Å². The molecule has 0 radical (unpaired) electrons. The fourth-order valence-corrected chi connectivity index (χ4v) is 3.86. The lowest BCUT2D eigenvalue weighted by atomic mass is 10.2. The molecule has 0 unspecified atom stereocenters. The van der Waals surface area contributed by atoms with Crippen molar-refractivity contribution in [1.29, 1.82) is 0 Å². The average molecular weight is 376 g/mol. The number of methoxy groups -OCH3 is 1. The molecule has 0 N–H and O–H groups in total. The van der Waals surface area contributed by atoms with E-state index in [2.05, 4.69) is 4.99 Å². The Balaban J connectivity index is 2.05. The maximum atomic E-state index is 13.5. The van der Waals surface area contributed by atoms with Crippen LogP contribution < -0.4 is 9.54 Å². The minimum Gasteiger partial charge on any atom is -0.497 e. The molecule has 1 aromatic heterocycles. The Morgan fingerprint density at radius 2 is 2.04 bits per heavy atom. The third-order valence-corrected chi connectivity index (χ3v) is 5.33. The van der Waals surface area contributed by atoms with Crippen LogP contribution in [0.5, 0.6) is 5.75 Å². The van der Waals surface area contributed by atoms with Crippen molar-refractivity contribution < 1.29 is 13.9 Å². The molecular formula is C18H17FN2O2S2. The lowest BCUT2D eigenvalue weighted by Gasteiger charge is -2.04. The number of carbonyl (C=O) groups excluding carboxylic acids is 1. The number of halogens is 1. The van der Waals surface area contributed by atoms with Crippen LogP contribution in [0.25, 0.3) is 10.2 Å². The van der Waals surface area contributed by atoms with Gasteiger partial charge in [0.2, 0.25) is 0 Å². The number of hydrogen-bond acceptors (Lipinski definition) is 4. The first kappa shape index (κ1) is 17.7. The Bertz CT molecular complexity index is 961. The van der Waals surface area contributed by atoms with Crippen molar-refractivity contribution >= 4 is 39.2 Å². The molecule has 3 rings (SSSR count). The molecule has 2 aromatic carbocycles. The van der Waals surface area contributed by atoms with Crippen molar-refractivity contribution in [1.82, 2.24) is 4.57 Å². The summed E-state index contributed by atoms with van der Waals surface area (Å²) in [6.07, 6.45) is 2.02. The van der Waals surface area contributed by atoms with Gasteiger partial charge in [-0.15, -0.1) is 0 Å². The molecule has 130 valence electrons. The van der Waals surface area contributed by atoms with Gasteiger partial charge in [-0.05, 0) is 48.7 Å². The van der Waals surface area contributed by atoms with Gasteiger partial charge in [-0.2, -0.15) is 16.8 Å². The van der Waals surface area contributed by atoms with Gasteiger partial charge in [-0.3, -0.25) is 4.79 Å². The summed E-state index contributed by atoms with van der Waals surface area (Å²) in [6.45, 7) is 0.710. The van der Waals surface area contributed by atoms with Gasteiger partial charge < -0.3 is 9.30 Å². The van der Waals surface area contributed by atoms with Crippen LogP contribution in [0.1, 0.15) is 10.4 Å². The Morgan fingerprint density at radius 3 is 2.72 bits per heavy atom. The molecule has 0 atom stereocenters. The molecule has 1 heterocycles. The van der Waals surface area contributed by atoms with Crippen LogP contribution in [-0.4, -0.2) is 29.6 Å². The van der Waals surface area contributed by atoms with Gasteiger partial charge in [0.25, 0.3) is 5.91 Å². The largest absolute Gasteiger partial charge is 0.497 e. The lowest BCUT2D eigenvalue weighted by molar-refractivity contribution is 0.0998. The monoisotopic (exact) mass is 376 g/mol. The third kappa shape index (κ3) is 3.93. The molecule has 0 spiro atoms. The first-order valence-corrected chi connectivity index (χ1v) is 9.84. The van der Waals surface area contributed by atoms with E-state index >= 15 is 0 Å². The summed E-state index contributed by atoms with van der Waals surface area (Å²) in [7, 11) is 1.58. The van der Waals surface area contributed by atoms with E-state index in [0.717, 1.165) is 16.0 Å². The number of thiazole rings is 1. The van der Waals surface area contributed by atoms with Crippen molar-refractivity contribution in [3.8, 4) is 5.75 Å². The van der Waals surface area contributed by atoms with Gasteiger partial charge in [0.15, 0.2) is 4.80 Å². The maximum absolute atomic E-state index is 13.5. The zero-order valence-corrected chi connectivity index (χ0v) is 15.5. The normalized spacial score (nSPS) is 11.9. The number of aromatic nitrogens is 1. The van der Waals surface area contributed by atoms with Crippen LogP contribution in [0.3, 0.4) is 0 Å². The Hall–Kier alpha value is -2.12. The molecule has 0 bridgehead atoms. The van der Waals surface area contributed by atoms with Crippen LogP contribution in [0.4, 0.5) is 4.39 Å². The van der Waals surface area contributed by atoms with Crippen molar-refractivity contribution in [3.63, 3.8) is 0 Å². The second-order valence-electron chi connectivity index (χ2n) is 5.29. The van der Waals surface area contributed by atoms with Crippen LogP contribution in [0, 0.1) is 5.82 Å². The number of carbonyl (C=O) groups is 1. The van der Waals surface area contributed by atoms with E-state index in [4.69, 9.17) is 4.74 Å². The quantitative estimate of drug-likeness (QED) is 0.677. The first-order chi connectivity index (χ1) is 12.1. The number of aryl methyl sites for hydroxylation is 1. The molecule has 4 nitrogen and oxygen atoms in total. The van der Waals surface area contributed by atoms with E-state index < -0.39 is 0 Å². The summed E-state index contributed by atoms with van der Waals surface area (Å²) < 4.78 is 21.4. The molecular weight excluding hydrogens is 359 g/mol. The minimum atomic E-state index is -0.326. The van der Waals surface area contributed by atoms with E-state index in [1.807, 2.05) is 10.8 Å². The van der Waals surface area contributed by atoms with Crippen molar-refractivity contribution in [2.24, 2.45) is 4.99 Å². The van der Waals surface area contributed by atoms with Gasteiger partial charge in [-0.1, -0.05) is 11.3 Å². The predicted octanol–water partition coefficient (Wildman–Crippen LogP) is 3.95. The molecule has 1 amide bonds. The van der Waals surface area contributed by atoms with Gasteiger partial charge in [-0.25, -0.2) is 4.39 Å². The molecule has 0 fully saturated rings. The highest BCUT2D eigenvalue weighted by molar-refractivity contribution is 7.98. The number of hydrogen-bond donors (Lipinski definition) is 0. The number of thioether (sulfide) groups is 1. The molecule has 0 saturated heterocycles. The van der Waals surface area contributed by atoms with E-state index in [1.54, 1.807) is 49.2 Å². The highest BCUT2D eigenvalue weighted by Crippen LogP contribution is 2.19. The predicted molar refractivity (Wildman–Crippen MR) is 101 cm³/mol. The van der Waals surface area contributed by atoms with Crippen molar-refractivity contribution in [3.05, 3.63) is 58.6 Å². The Labute approximate surface area is 153 Å². The lowest BCUT2D eigenvalue weighted by Crippen LogP contribution is -2.18. The highest BCUT2D eigenvalue weighted by atomic mass is 32.2. The van der Waals surface area contributed by atoms with Crippen molar-refractivity contribution in [2.45, 2.75) is 6.54 Å². The average Bonchev–Trinajstić information content (AvgIpc) is 2.95. The summed E-state index contributed by atoms with van der Waals surface area (Å²) in [5.74, 6) is 0.947. The van der Waals surface area contributed by atoms with E-state index in [9.17, 15) is 9.18 Å². The van der Waals surface area contributed by atoms with Gasteiger partial charge in [0.05, 0.1) is 17.3 Å². The Morgan fingerprint density at radius 1 is 1.28 bits per heavy atom. The SMILES string of the molecule is COc1ccc(C(=O)N=c2sc3cc(F)ccc3n2CCSC)cc1. The van der Waals surface area contributed by atoms with Crippen LogP contribution in [0.2, 0.25) is 0 Å². The molecule has 0 aliphatic carbocycles. The topological polar surface area (TPSA) is 43.6 Å². The second-order valence-corrected chi connectivity index (χ2v) is 7.28.